The number of carbonyl (C=O) groups excluding carboxylic acids is 1. The number of H-pyrrole nitrogens is 1. The molecule has 0 aliphatic carbocycles. The summed E-state index contributed by atoms with van der Waals surface area (Å²) in [5.74, 6) is -0.439. The molecular weight excluding hydrogens is 422 g/mol. The molecule has 28 heavy (non-hydrogen) atoms. The van der Waals surface area contributed by atoms with Gasteiger partial charge in [0.2, 0.25) is 16.9 Å². The molecule has 3 N–H and O–H groups in total. The molecule has 3 aromatic rings. The van der Waals surface area contributed by atoms with E-state index < -0.39 is 5.56 Å². The van der Waals surface area contributed by atoms with Crippen LogP contribution in [0, 0.1) is 0 Å². The Balaban J connectivity index is 0.00000280. The highest BCUT2D eigenvalue weighted by molar-refractivity contribution is 7.99. The van der Waals surface area contributed by atoms with Gasteiger partial charge in [0, 0.05) is 5.92 Å². The molecule has 0 bridgehead atoms. The number of nitrogens with one attached hydrogen (secondary N) is 2. The van der Waals surface area contributed by atoms with Gasteiger partial charge in [-0.05, 0) is 5.56 Å². The molecule has 0 radical (unpaired) electrons. The van der Waals surface area contributed by atoms with E-state index in [1.165, 1.54) is 11.3 Å². The van der Waals surface area contributed by atoms with Gasteiger partial charge < -0.3 is 10.1 Å². The molecule has 0 atom stereocenters. The minimum Gasteiger partial charge on any atom is -0.493 e. The number of halogens is 1. The maximum Gasteiger partial charge on any atom is 0.263 e. The predicted molar refractivity (Wildman–Crippen MR) is 113 cm³/mol. The van der Waals surface area contributed by atoms with E-state index >= 15 is 0 Å². The third-order valence-corrected chi connectivity index (χ3v) is 5.47. The fraction of sp³-hybridized carbons (Fsp3) is 0.235. The predicted octanol–water partition coefficient (Wildman–Crippen LogP) is 3.27. The van der Waals surface area contributed by atoms with Crippen LogP contribution in [0.4, 0.5) is 5.13 Å². The Hall–Kier alpha value is -2.43. The van der Waals surface area contributed by atoms with Crippen LogP contribution in [0.3, 0.4) is 0 Å². The maximum atomic E-state index is 12.3. The highest BCUT2D eigenvalue weighted by Crippen LogP contribution is 2.25. The van der Waals surface area contributed by atoms with Crippen LogP contribution in [0.2, 0.25) is 0 Å². The van der Waals surface area contributed by atoms with Gasteiger partial charge in [-0.2, -0.15) is 4.98 Å². The number of aromatic hydroxyl groups is 1. The van der Waals surface area contributed by atoms with E-state index in [1.807, 2.05) is 19.9 Å². The first-order chi connectivity index (χ1) is 12.9. The highest BCUT2D eigenvalue weighted by Gasteiger charge is 2.15. The largest absolute Gasteiger partial charge is 0.493 e. The number of anilines is 1. The van der Waals surface area contributed by atoms with Crippen LogP contribution in [-0.2, 0) is 4.79 Å². The lowest BCUT2D eigenvalue weighted by Crippen LogP contribution is -2.16. The molecule has 0 spiro atoms. The Morgan fingerprint density at radius 3 is 2.61 bits per heavy atom. The zero-order chi connectivity index (χ0) is 19.4. The normalized spacial score (nSPS) is 10.5. The second-order valence-corrected chi connectivity index (χ2v) is 7.85. The number of hydrogen-bond donors (Lipinski definition) is 3. The highest BCUT2D eigenvalue weighted by atomic mass is 35.5. The second kappa shape index (κ2) is 9.67. The molecule has 2 aromatic heterocycles. The number of nitrogens with zero attached hydrogens (tertiary/aromatic N) is 3. The van der Waals surface area contributed by atoms with Gasteiger partial charge in [-0.15, -0.1) is 22.6 Å². The van der Waals surface area contributed by atoms with Crippen LogP contribution in [0.25, 0.3) is 11.1 Å². The Morgan fingerprint density at radius 1 is 1.29 bits per heavy atom. The number of aromatic nitrogens is 4. The molecule has 0 unspecified atom stereocenters. The van der Waals surface area contributed by atoms with E-state index in [0.717, 1.165) is 16.8 Å². The quantitative estimate of drug-likeness (QED) is 0.398. The first-order valence-corrected chi connectivity index (χ1v) is 9.89. The summed E-state index contributed by atoms with van der Waals surface area (Å²) in [6, 6.07) is 8.76. The minimum atomic E-state index is -0.470. The lowest BCUT2D eigenvalue weighted by atomic mass is 10.1. The van der Waals surface area contributed by atoms with Crippen LogP contribution in [0.5, 0.6) is 5.88 Å². The molecule has 3 rings (SSSR count). The summed E-state index contributed by atoms with van der Waals surface area (Å²) in [6.07, 6.45) is 0. The van der Waals surface area contributed by atoms with Crippen molar-refractivity contribution in [3.63, 3.8) is 0 Å². The molecule has 148 valence electrons. The first kappa shape index (κ1) is 21.9. The number of thioether (sulfide) groups is 1. The van der Waals surface area contributed by atoms with Gasteiger partial charge in [0.15, 0.2) is 5.16 Å². The molecule has 0 saturated heterocycles. The van der Waals surface area contributed by atoms with Crippen molar-refractivity contribution < 1.29 is 9.90 Å². The summed E-state index contributed by atoms with van der Waals surface area (Å²) in [5.41, 5.74) is 0.192. The van der Waals surface area contributed by atoms with Gasteiger partial charge in [0.1, 0.15) is 10.6 Å². The number of aromatic amines is 1. The van der Waals surface area contributed by atoms with Crippen molar-refractivity contribution in [2.24, 2.45) is 0 Å². The summed E-state index contributed by atoms with van der Waals surface area (Å²) in [4.78, 5) is 30.9. The van der Waals surface area contributed by atoms with E-state index in [-0.39, 0.29) is 46.6 Å². The van der Waals surface area contributed by atoms with Crippen LogP contribution in [-0.4, -0.2) is 36.9 Å². The average molecular weight is 440 g/mol. The van der Waals surface area contributed by atoms with Crippen LogP contribution in [0.1, 0.15) is 24.8 Å². The third-order valence-electron chi connectivity index (χ3n) is 3.46. The molecule has 2 heterocycles. The van der Waals surface area contributed by atoms with Crippen LogP contribution >= 0.6 is 35.5 Å². The Bertz CT molecular complexity index is 1010. The standard InChI is InChI=1S/C17H17N5O3S2.ClH/c1-9(2)15-21-22-17(27-15)18-11(23)8-26-16-19-13(24)12(14(25)20-16)10-6-4-3-5-7-10;/h3-7,9H,8H2,1-2H3,(H,18,22,23)(H2,19,20,24,25);1H. The monoisotopic (exact) mass is 439 g/mol. The Morgan fingerprint density at radius 2 is 2.00 bits per heavy atom. The summed E-state index contributed by atoms with van der Waals surface area (Å²) >= 11 is 2.33. The molecule has 0 saturated carbocycles. The van der Waals surface area contributed by atoms with Crippen molar-refractivity contribution in [2.75, 3.05) is 11.1 Å². The van der Waals surface area contributed by atoms with Gasteiger partial charge >= 0.3 is 0 Å². The number of rotatable bonds is 6. The maximum absolute atomic E-state index is 12.3. The van der Waals surface area contributed by atoms with E-state index in [9.17, 15) is 14.7 Å². The second-order valence-electron chi connectivity index (χ2n) is 5.87. The average Bonchev–Trinajstić information content (AvgIpc) is 3.09. The lowest BCUT2D eigenvalue weighted by Gasteiger charge is -2.06. The van der Waals surface area contributed by atoms with Crippen molar-refractivity contribution >= 4 is 46.5 Å². The van der Waals surface area contributed by atoms with Crippen molar-refractivity contribution in [3.05, 3.63) is 45.7 Å². The minimum absolute atomic E-state index is 0. The fourth-order valence-corrected chi connectivity index (χ4v) is 3.60. The molecule has 1 amide bonds. The smallest absolute Gasteiger partial charge is 0.263 e. The van der Waals surface area contributed by atoms with Crippen molar-refractivity contribution in [3.8, 4) is 17.0 Å². The van der Waals surface area contributed by atoms with Crippen molar-refractivity contribution in [1.82, 2.24) is 20.2 Å². The zero-order valence-corrected chi connectivity index (χ0v) is 17.5. The summed E-state index contributed by atoms with van der Waals surface area (Å²) in [7, 11) is 0. The van der Waals surface area contributed by atoms with E-state index in [1.54, 1.807) is 24.3 Å². The number of hydrogen-bond acceptors (Lipinski definition) is 8. The number of carbonyl (C=O) groups is 1. The zero-order valence-electron chi connectivity index (χ0n) is 15.0. The first-order valence-electron chi connectivity index (χ1n) is 8.08. The van der Waals surface area contributed by atoms with Crippen LogP contribution < -0.4 is 10.9 Å². The Labute approximate surface area is 175 Å². The van der Waals surface area contributed by atoms with E-state index in [2.05, 4.69) is 25.5 Å². The molecular formula is C17H18ClN5O3S2. The SMILES string of the molecule is CC(C)c1nnc(NC(=O)CSc2nc(O)c(-c3ccccc3)c(=O)[nH]2)s1.Cl. The van der Waals surface area contributed by atoms with E-state index in [4.69, 9.17) is 0 Å². The number of amides is 1. The molecule has 11 heteroatoms. The summed E-state index contributed by atoms with van der Waals surface area (Å²) < 4.78 is 0. The number of benzene rings is 1. The van der Waals surface area contributed by atoms with Crippen LogP contribution in [0.15, 0.2) is 40.3 Å². The van der Waals surface area contributed by atoms with Gasteiger partial charge in [-0.3, -0.25) is 14.9 Å². The fourth-order valence-electron chi connectivity index (χ4n) is 2.18. The van der Waals surface area contributed by atoms with Crippen molar-refractivity contribution in [2.45, 2.75) is 24.9 Å². The van der Waals surface area contributed by atoms with E-state index in [0.29, 0.717) is 10.7 Å². The van der Waals surface area contributed by atoms with Gasteiger partial charge in [0.05, 0.1) is 5.75 Å². The Kier molecular flexibility index (Phi) is 7.55. The molecule has 8 nitrogen and oxygen atoms in total. The lowest BCUT2D eigenvalue weighted by molar-refractivity contribution is -0.113. The molecule has 0 aliphatic rings. The topological polar surface area (TPSA) is 121 Å². The summed E-state index contributed by atoms with van der Waals surface area (Å²) in [6.45, 7) is 3.99. The third kappa shape index (κ3) is 5.31. The molecule has 1 aromatic carbocycles. The van der Waals surface area contributed by atoms with Gasteiger partial charge in [-0.25, -0.2) is 0 Å². The molecule has 0 aliphatic heterocycles. The molecule has 0 fully saturated rings. The van der Waals surface area contributed by atoms with Crippen molar-refractivity contribution in [1.29, 1.82) is 0 Å². The van der Waals surface area contributed by atoms with Gasteiger partial charge in [-0.1, -0.05) is 67.3 Å². The summed E-state index contributed by atoms with van der Waals surface area (Å²) in [5, 5.41) is 22.1. The van der Waals surface area contributed by atoms with Gasteiger partial charge in [0.25, 0.3) is 5.56 Å².